The van der Waals surface area contributed by atoms with Crippen molar-refractivity contribution in [2.45, 2.75) is 26.9 Å². The number of aryl methyl sites for hydroxylation is 1. The minimum Gasteiger partial charge on any atom is -0.459 e. The summed E-state index contributed by atoms with van der Waals surface area (Å²) in [6, 6.07) is 5.53. The zero-order valence-electron chi connectivity index (χ0n) is 12.0. The van der Waals surface area contributed by atoms with Crippen LogP contribution in [-0.2, 0) is 19.8 Å². The lowest BCUT2D eigenvalue weighted by Crippen LogP contribution is -1.99. The number of hydrogen-bond donors (Lipinski definition) is 1. The first-order chi connectivity index (χ1) is 9.50. The number of fused-ring (bicyclic) bond motifs is 1. The van der Waals surface area contributed by atoms with E-state index < -0.39 is 7.60 Å². The molecule has 0 radical (unpaired) electrons. The highest BCUT2D eigenvalue weighted by atomic mass is 31.2. The van der Waals surface area contributed by atoms with Gasteiger partial charge in [0.25, 0.3) is 0 Å². The van der Waals surface area contributed by atoms with Gasteiger partial charge in [-0.2, -0.15) is 0 Å². The maximum Gasteiger partial charge on any atom is 0.335 e. The monoisotopic (exact) mass is 297 g/mol. The number of hydrogen-bond acceptors (Lipinski definition) is 5. The summed E-state index contributed by atoms with van der Waals surface area (Å²) in [5, 5.41) is 0.863. The molecule has 0 aliphatic rings. The van der Waals surface area contributed by atoms with Crippen molar-refractivity contribution in [3.05, 3.63) is 29.5 Å². The summed E-state index contributed by atoms with van der Waals surface area (Å²) >= 11 is 0. The number of furan rings is 1. The molecule has 1 aromatic heterocycles. The van der Waals surface area contributed by atoms with Crippen molar-refractivity contribution >= 4 is 24.3 Å². The average molecular weight is 297 g/mol. The van der Waals surface area contributed by atoms with Crippen LogP contribution >= 0.6 is 7.60 Å². The Morgan fingerprint density at radius 2 is 1.90 bits per heavy atom. The van der Waals surface area contributed by atoms with E-state index in [1.807, 2.05) is 19.1 Å². The van der Waals surface area contributed by atoms with Crippen LogP contribution in [0, 0.1) is 6.92 Å². The molecule has 0 spiro atoms. The van der Waals surface area contributed by atoms with Crippen LogP contribution in [0.2, 0.25) is 0 Å². The Kier molecular flexibility index (Phi) is 4.53. The summed E-state index contributed by atoms with van der Waals surface area (Å²) in [6.45, 7) is 6.10. The van der Waals surface area contributed by atoms with E-state index in [4.69, 9.17) is 19.2 Å². The number of nitrogen functional groups attached to an aromatic ring is 1. The molecule has 0 amide bonds. The van der Waals surface area contributed by atoms with Crippen LogP contribution in [0.15, 0.2) is 22.6 Å². The Bertz CT molecular complexity index is 640. The van der Waals surface area contributed by atoms with Gasteiger partial charge in [-0.05, 0) is 26.8 Å². The summed E-state index contributed by atoms with van der Waals surface area (Å²) < 4.78 is 29.0. The van der Waals surface area contributed by atoms with E-state index in [2.05, 4.69) is 0 Å². The molecule has 110 valence electrons. The molecule has 1 heterocycles. The minimum atomic E-state index is -3.16. The number of benzene rings is 1. The van der Waals surface area contributed by atoms with Crippen LogP contribution in [0.1, 0.15) is 25.2 Å². The normalized spacial score (nSPS) is 12.2. The summed E-state index contributed by atoms with van der Waals surface area (Å²) in [5.74, 6) is 0.692. The van der Waals surface area contributed by atoms with Crippen LogP contribution in [-0.4, -0.2) is 13.2 Å². The Balaban J connectivity index is 2.45. The second-order valence-electron chi connectivity index (χ2n) is 4.47. The van der Waals surface area contributed by atoms with Gasteiger partial charge < -0.3 is 19.2 Å². The van der Waals surface area contributed by atoms with Crippen LogP contribution < -0.4 is 5.73 Å². The van der Waals surface area contributed by atoms with Crippen molar-refractivity contribution in [1.29, 1.82) is 0 Å². The Labute approximate surface area is 118 Å². The van der Waals surface area contributed by atoms with Gasteiger partial charge in [0.05, 0.1) is 25.1 Å². The summed E-state index contributed by atoms with van der Waals surface area (Å²) in [5.41, 5.74) is 7.92. The molecule has 20 heavy (non-hydrogen) atoms. The molecule has 0 saturated carbocycles. The highest BCUT2D eigenvalue weighted by molar-refractivity contribution is 7.53. The molecule has 0 aliphatic carbocycles. The smallest absolute Gasteiger partial charge is 0.335 e. The molecule has 0 fully saturated rings. The standard InChI is InChI=1S/C14H20NO4P/c1-4-17-20(16,18-5-2)9-12-10(3)19-14-11(12)7-6-8-13(14)15/h6-8H,4-5,9,15H2,1-3H3. The van der Waals surface area contributed by atoms with Crippen LogP contribution in [0.25, 0.3) is 11.0 Å². The molecule has 0 bridgehead atoms. The Hall–Kier alpha value is -1.29. The van der Waals surface area contributed by atoms with Crippen LogP contribution in [0.3, 0.4) is 0 Å². The first-order valence-corrected chi connectivity index (χ1v) is 8.38. The molecule has 6 heteroatoms. The third-order valence-corrected chi connectivity index (χ3v) is 5.06. The number of para-hydroxylation sites is 1. The van der Waals surface area contributed by atoms with E-state index in [-0.39, 0.29) is 6.16 Å². The van der Waals surface area contributed by atoms with Crippen molar-refractivity contribution in [1.82, 2.24) is 0 Å². The van der Waals surface area contributed by atoms with Gasteiger partial charge >= 0.3 is 7.60 Å². The summed E-state index contributed by atoms with van der Waals surface area (Å²) in [6.07, 6.45) is 0.191. The molecule has 2 rings (SSSR count). The third-order valence-electron chi connectivity index (χ3n) is 3.05. The lowest BCUT2D eigenvalue weighted by atomic mass is 10.1. The Morgan fingerprint density at radius 1 is 1.25 bits per heavy atom. The molecule has 1 aromatic carbocycles. The van der Waals surface area contributed by atoms with E-state index in [0.717, 1.165) is 10.9 Å². The molecular formula is C14H20NO4P. The highest BCUT2D eigenvalue weighted by Crippen LogP contribution is 2.53. The van der Waals surface area contributed by atoms with Gasteiger partial charge in [-0.1, -0.05) is 12.1 Å². The fraction of sp³-hybridized carbons (Fsp3) is 0.429. The first-order valence-electron chi connectivity index (χ1n) is 6.65. The molecule has 0 unspecified atom stereocenters. The first kappa shape index (κ1) is 15.1. The highest BCUT2D eigenvalue weighted by Gasteiger charge is 2.28. The van der Waals surface area contributed by atoms with Crippen molar-refractivity contribution in [3.63, 3.8) is 0 Å². The topological polar surface area (TPSA) is 74.7 Å². The lowest BCUT2D eigenvalue weighted by molar-refractivity contribution is 0.219. The van der Waals surface area contributed by atoms with Crippen molar-refractivity contribution < 1.29 is 18.0 Å². The van der Waals surface area contributed by atoms with Gasteiger partial charge in [0.1, 0.15) is 5.76 Å². The maximum absolute atomic E-state index is 12.6. The molecule has 2 N–H and O–H groups in total. The predicted molar refractivity (Wildman–Crippen MR) is 79.9 cm³/mol. The second kappa shape index (κ2) is 6.00. The van der Waals surface area contributed by atoms with Gasteiger partial charge in [0.15, 0.2) is 5.58 Å². The van der Waals surface area contributed by atoms with E-state index in [1.165, 1.54) is 0 Å². The van der Waals surface area contributed by atoms with Crippen LogP contribution in [0.4, 0.5) is 5.69 Å². The van der Waals surface area contributed by atoms with Gasteiger partial charge in [-0.3, -0.25) is 4.57 Å². The fourth-order valence-electron chi connectivity index (χ4n) is 2.22. The van der Waals surface area contributed by atoms with Gasteiger partial charge in [-0.15, -0.1) is 0 Å². The summed E-state index contributed by atoms with van der Waals surface area (Å²) in [7, 11) is -3.16. The van der Waals surface area contributed by atoms with Gasteiger partial charge in [-0.25, -0.2) is 0 Å². The minimum absolute atomic E-state index is 0.191. The van der Waals surface area contributed by atoms with E-state index in [0.29, 0.717) is 30.2 Å². The fourth-order valence-corrected chi connectivity index (χ4v) is 4.05. The van der Waals surface area contributed by atoms with Crippen molar-refractivity contribution in [3.8, 4) is 0 Å². The largest absolute Gasteiger partial charge is 0.459 e. The van der Waals surface area contributed by atoms with E-state index in [1.54, 1.807) is 19.9 Å². The molecule has 0 aliphatic heterocycles. The second-order valence-corrected chi connectivity index (χ2v) is 6.52. The quantitative estimate of drug-likeness (QED) is 0.642. The SMILES string of the molecule is CCOP(=O)(Cc1c(C)oc2c(N)cccc12)OCC. The number of nitrogens with two attached hydrogens (primary N) is 1. The molecule has 0 saturated heterocycles. The van der Waals surface area contributed by atoms with Gasteiger partial charge in [0.2, 0.25) is 0 Å². The zero-order chi connectivity index (χ0) is 14.8. The zero-order valence-corrected chi connectivity index (χ0v) is 12.9. The number of rotatable bonds is 6. The predicted octanol–water partition coefficient (Wildman–Crippen LogP) is 4.09. The van der Waals surface area contributed by atoms with E-state index in [9.17, 15) is 4.57 Å². The van der Waals surface area contributed by atoms with Crippen LogP contribution in [0.5, 0.6) is 0 Å². The maximum atomic E-state index is 12.6. The molecular weight excluding hydrogens is 277 g/mol. The van der Waals surface area contributed by atoms with Crippen molar-refractivity contribution in [2.24, 2.45) is 0 Å². The van der Waals surface area contributed by atoms with E-state index >= 15 is 0 Å². The molecule has 2 aromatic rings. The summed E-state index contributed by atoms with van der Waals surface area (Å²) in [4.78, 5) is 0. The lowest BCUT2D eigenvalue weighted by Gasteiger charge is -2.16. The van der Waals surface area contributed by atoms with Crippen molar-refractivity contribution in [2.75, 3.05) is 18.9 Å². The molecule has 0 atom stereocenters. The third kappa shape index (κ3) is 2.90. The average Bonchev–Trinajstić information content (AvgIpc) is 2.69. The molecule has 5 nitrogen and oxygen atoms in total. The Morgan fingerprint density at radius 3 is 2.50 bits per heavy atom. The van der Waals surface area contributed by atoms with Gasteiger partial charge in [0, 0.05) is 10.9 Å². The number of anilines is 1.